The van der Waals surface area contributed by atoms with Gasteiger partial charge in [0.1, 0.15) is 0 Å². The van der Waals surface area contributed by atoms with E-state index in [-0.39, 0.29) is 5.75 Å². The number of benzene rings is 2. The number of thioether (sulfide) groups is 1. The summed E-state index contributed by atoms with van der Waals surface area (Å²) in [4.78, 5) is 12.4. The molecule has 0 unspecified atom stereocenters. The van der Waals surface area contributed by atoms with Gasteiger partial charge in [-0.1, -0.05) is 23.7 Å². The summed E-state index contributed by atoms with van der Waals surface area (Å²) in [5, 5.41) is 0.670. The van der Waals surface area contributed by atoms with E-state index in [1.54, 1.807) is 48.2 Å². The Morgan fingerprint density at radius 3 is 2.36 bits per heavy atom. The molecule has 0 amide bonds. The van der Waals surface area contributed by atoms with Gasteiger partial charge >= 0.3 is 5.97 Å². The number of methoxy groups -OCH3 is 1. The number of hydrogen-bond acceptors (Lipinski definition) is 5. The third-order valence-corrected chi connectivity index (χ3v) is 5.86. The van der Waals surface area contributed by atoms with Gasteiger partial charge in [0, 0.05) is 22.2 Å². The molecule has 8 heteroatoms. The zero-order valence-electron chi connectivity index (χ0n) is 13.6. The predicted octanol–water partition coefficient (Wildman–Crippen LogP) is 3.34. The summed E-state index contributed by atoms with van der Waals surface area (Å²) in [6.07, 6.45) is 0. The molecule has 0 radical (unpaired) electrons. The fraction of sp³-hybridized carbons (Fsp3) is 0.235. The van der Waals surface area contributed by atoms with Crippen LogP contribution in [0.1, 0.15) is 15.9 Å². The maximum Gasteiger partial charge on any atom is 0.337 e. The summed E-state index contributed by atoms with van der Waals surface area (Å²) in [6, 6.07) is 13.7. The molecule has 2 aromatic rings. The number of nitrogens with one attached hydrogen (secondary N) is 1. The Bertz CT molecular complexity index is 806. The van der Waals surface area contributed by atoms with Gasteiger partial charge in [0.2, 0.25) is 10.0 Å². The number of hydrogen-bond donors (Lipinski definition) is 1. The van der Waals surface area contributed by atoms with Crippen molar-refractivity contribution in [1.29, 1.82) is 0 Å². The maximum atomic E-state index is 12.1. The molecule has 0 bridgehead atoms. The van der Waals surface area contributed by atoms with E-state index >= 15 is 0 Å². The molecule has 0 aliphatic carbocycles. The van der Waals surface area contributed by atoms with Crippen molar-refractivity contribution in [3.63, 3.8) is 0 Å². The second-order valence-corrected chi connectivity index (χ2v) is 8.56. The average Bonchev–Trinajstić information content (AvgIpc) is 2.60. The highest BCUT2D eigenvalue weighted by Gasteiger charge is 2.12. The lowest BCUT2D eigenvalue weighted by molar-refractivity contribution is 0.0600. The quantitative estimate of drug-likeness (QED) is 0.418. The van der Waals surface area contributed by atoms with E-state index in [0.717, 1.165) is 4.90 Å². The molecular formula is C17H18ClNO4S2. The van der Waals surface area contributed by atoms with Crippen molar-refractivity contribution in [3.05, 3.63) is 64.7 Å². The summed E-state index contributed by atoms with van der Waals surface area (Å²) in [5.41, 5.74) is 0.987. The molecule has 5 nitrogen and oxygen atoms in total. The van der Waals surface area contributed by atoms with E-state index in [0.29, 0.717) is 28.4 Å². The van der Waals surface area contributed by atoms with E-state index in [9.17, 15) is 13.2 Å². The highest BCUT2D eigenvalue weighted by molar-refractivity contribution is 7.99. The molecule has 25 heavy (non-hydrogen) atoms. The second-order valence-electron chi connectivity index (χ2n) is 5.14. The summed E-state index contributed by atoms with van der Waals surface area (Å²) in [6.45, 7) is 0.329. The van der Waals surface area contributed by atoms with Gasteiger partial charge in [0.15, 0.2) is 0 Å². The van der Waals surface area contributed by atoms with Crippen LogP contribution in [-0.2, 0) is 20.5 Å². The highest BCUT2D eigenvalue weighted by atomic mass is 35.5. The average molecular weight is 400 g/mol. The van der Waals surface area contributed by atoms with Crippen LogP contribution in [0, 0.1) is 0 Å². The van der Waals surface area contributed by atoms with E-state index in [1.807, 2.05) is 12.1 Å². The summed E-state index contributed by atoms with van der Waals surface area (Å²) in [5.74, 6) is 0.0223. The van der Waals surface area contributed by atoms with E-state index < -0.39 is 16.0 Å². The van der Waals surface area contributed by atoms with E-state index in [2.05, 4.69) is 9.46 Å². The highest BCUT2D eigenvalue weighted by Crippen LogP contribution is 2.19. The Hall–Kier alpha value is -1.54. The zero-order valence-corrected chi connectivity index (χ0v) is 16.0. The molecule has 0 aliphatic heterocycles. The van der Waals surface area contributed by atoms with E-state index in [4.69, 9.17) is 11.6 Å². The first kappa shape index (κ1) is 19.8. The molecule has 2 rings (SSSR count). The van der Waals surface area contributed by atoms with Gasteiger partial charge in [-0.2, -0.15) is 0 Å². The van der Waals surface area contributed by atoms with Gasteiger partial charge < -0.3 is 4.74 Å². The van der Waals surface area contributed by atoms with Crippen molar-refractivity contribution in [2.45, 2.75) is 10.6 Å². The number of halogens is 1. The molecule has 0 spiro atoms. The first-order chi connectivity index (χ1) is 11.9. The molecule has 0 heterocycles. The lowest BCUT2D eigenvalue weighted by atomic mass is 10.1. The van der Waals surface area contributed by atoms with Crippen LogP contribution in [0.5, 0.6) is 0 Å². The molecule has 2 aromatic carbocycles. The third-order valence-electron chi connectivity index (χ3n) is 3.24. The molecule has 0 atom stereocenters. The molecule has 0 saturated heterocycles. The van der Waals surface area contributed by atoms with Crippen LogP contribution in [0.15, 0.2) is 53.4 Å². The fourth-order valence-corrected chi connectivity index (χ4v) is 4.19. The van der Waals surface area contributed by atoms with Gasteiger partial charge in [-0.25, -0.2) is 17.9 Å². The van der Waals surface area contributed by atoms with E-state index in [1.165, 1.54) is 7.11 Å². The van der Waals surface area contributed by atoms with Gasteiger partial charge in [0.25, 0.3) is 0 Å². The Morgan fingerprint density at radius 1 is 1.12 bits per heavy atom. The Labute approximate surface area is 156 Å². The number of ether oxygens (including phenoxy) is 1. The first-order valence-electron chi connectivity index (χ1n) is 7.42. The van der Waals surface area contributed by atoms with Crippen LogP contribution in [0.25, 0.3) is 0 Å². The summed E-state index contributed by atoms with van der Waals surface area (Å²) in [7, 11) is -2.14. The van der Waals surface area contributed by atoms with Crippen molar-refractivity contribution in [3.8, 4) is 0 Å². The summed E-state index contributed by atoms with van der Waals surface area (Å²) >= 11 is 7.37. The minimum absolute atomic E-state index is 0.139. The lowest BCUT2D eigenvalue weighted by Gasteiger charge is -2.07. The molecule has 0 fully saturated rings. The van der Waals surface area contributed by atoms with Crippen LogP contribution >= 0.6 is 23.4 Å². The van der Waals surface area contributed by atoms with Crippen LogP contribution in [0.4, 0.5) is 0 Å². The zero-order chi connectivity index (χ0) is 18.3. The third kappa shape index (κ3) is 6.70. The van der Waals surface area contributed by atoms with Gasteiger partial charge in [-0.05, 0) is 42.0 Å². The van der Waals surface area contributed by atoms with Crippen LogP contribution in [0.2, 0.25) is 5.02 Å². The van der Waals surface area contributed by atoms with Gasteiger partial charge in [-0.15, -0.1) is 11.8 Å². The van der Waals surface area contributed by atoms with Crippen molar-refractivity contribution in [2.75, 3.05) is 19.4 Å². The van der Waals surface area contributed by atoms with Crippen LogP contribution in [-0.4, -0.2) is 33.8 Å². The normalized spacial score (nSPS) is 11.3. The largest absolute Gasteiger partial charge is 0.465 e. The van der Waals surface area contributed by atoms with Gasteiger partial charge in [0.05, 0.1) is 18.4 Å². The minimum Gasteiger partial charge on any atom is -0.465 e. The number of sulfonamides is 1. The smallest absolute Gasteiger partial charge is 0.337 e. The van der Waals surface area contributed by atoms with Crippen molar-refractivity contribution in [2.24, 2.45) is 0 Å². The molecule has 0 aliphatic rings. The topological polar surface area (TPSA) is 72.5 Å². The van der Waals surface area contributed by atoms with Crippen LogP contribution < -0.4 is 4.72 Å². The SMILES string of the molecule is COC(=O)c1ccc(CS(=O)(=O)NCCSc2ccc(Cl)cc2)cc1. The molecule has 1 N–H and O–H groups in total. The van der Waals surface area contributed by atoms with Gasteiger partial charge in [-0.3, -0.25) is 0 Å². The first-order valence-corrected chi connectivity index (χ1v) is 10.4. The monoisotopic (exact) mass is 399 g/mol. The minimum atomic E-state index is -3.44. The predicted molar refractivity (Wildman–Crippen MR) is 101 cm³/mol. The Balaban J connectivity index is 1.81. The number of carbonyl (C=O) groups is 1. The fourth-order valence-electron chi connectivity index (χ4n) is 2.02. The molecule has 0 aromatic heterocycles. The Morgan fingerprint density at radius 2 is 1.76 bits per heavy atom. The molecule has 0 saturated carbocycles. The maximum absolute atomic E-state index is 12.1. The van der Waals surface area contributed by atoms with Crippen molar-refractivity contribution >= 4 is 39.4 Å². The summed E-state index contributed by atoms with van der Waals surface area (Å²) < 4.78 is 31.4. The number of esters is 1. The standard InChI is InChI=1S/C17H18ClNO4S2/c1-23-17(20)14-4-2-13(3-5-14)12-25(21,22)19-10-11-24-16-8-6-15(18)7-9-16/h2-9,19H,10-12H2,1H3. The van der Waals surface area contributed by atoms with Crippen molar-refractivity contribution < 1.29 is 17.9 Å². The van der Waals surface area contributed by atoms with Crippen molar-refractivity contribution in [1.82, 2.24) is 4.72 Å². The second kappa shape index (κ2) is 9.24. The lowest BCUT2D eigenvalue weighted by Crippen LogP contribution is -2.27. The number of carbonyl (C=O) groups excluding carboxylic acids is 1. The molecule has 134 valence electrons. The van der Waals surface area contributed by atoms with Crippen LogP contribution in [0.3, 0.4) is 0 Å². The molecular weight excluding hydrogens is 382 g/mol. The number of rotatable bonds is 8. The Kier molecular flexibility index (Phi) is 7.31.